The second-order valence-electron chi connectivity index (χ2n) is 7.92. The van der Waals surface area contributed by atoms with Crippen molar-refractivity contribution >= 4 is 17.0 Å². The van der Waals surface area contributed by atoms with E-state index in [1.165, 1.54) is 0 Å². The summed E-state index contributed by atoms with van der Waals surface area (Å²) >= 11 is 0. The molecule has 0 aromatic carbocycles. The third-order valence-corrected chi connectivity index (χ3v) is 4.81. The Labute approximate surface area is 148 Å². The highest BCUT2D eigenvalue weighted by Crippen LogP contribution is 2.22. The molecule has 3 rings (SSSR count). The quantitative estimate of drug-likeness (QED) is 0.924. The van der Waals surface area contributed by atoms with Crippen LogP contribution in [0.3, 0.4) is 0 Å². The molecule has 0 radical (unpaired) electrons. The number of aliphatic hydroxyl groups excluding tert-OH is 1. The number of carbonyl (C=O) groups is 1. The molecule has 6 heteroatoms. The van der Waals surface area contributed by atoms with Gasteiger partial charge >= 0.3 is 0 Å². The number of aryl methyl sites for hydroxylation is 1. The number of piperazine rings is 1. The zero-order valence-corrected chi connectivity index (χ0v) is 15.5. The van der Waals surface area contributed by atoms with Crippen LogP contribution in [-0.2, 0) is 0 Å². The molecular weight excluding hydrogens is 318 g/mol. The van der Waals surface area contributed by atoms with Gasteiger partial charge in [-0.15, -0.1) is 0 Å². The van der Waals surface area contributed by atoms with Crippen LogP contribution < -0.4 is 0 Å². The fourth-order valence-corrected chi connectivity index (χ4v) is 2.94. The summed E-state index contributed by atoms with van der Waals surface area (Å²) in [7, 11) is 0. The van der Waals surface area contributed by atoms with Gasteiger partial charge in [-0.3, -0.25) is 9.69 Å². The van der Waals surface area contributed by atoms with Gasteiger partial charge in [-0.05, 0) is 24.5 Å². The van der Waals surface area contributed by atoms with Gasteiger partial charge in [0.15, 0.2) is 11.3 Å². The normalized spacial score (nSPS) is 17.9. The van der Waals surface area contributed by atoms with E-state index in [4.69, 9.17) is 4.42 Å². The molecule has 136 valence electrons. The topological polar surface area (TPSA) is 69.8 Å². The van der Waals surface area contributed by atoms with E-state index in [-0.39, 0.29) is 17.4 Å². The number of pyridine rings is 1. The Morgan fingerprint density at radius 2 is 1.96 bits per heavy atom. The first-order valence-electron chi connectivity index (χ1n) is 8.81. The van der Waals surface area contributed by atoms with Crippen molar-refractivity contribution in [2.24, 2.45) is 5.41 Å². The zero-order valence-electron chi connectivity index (χ0n) is 15.5. The molecule has 1 atom stereocenters. The lowest BCUT2D eigenvalue weighted by Gasteiger charge is -2.37. The number of hydrogen-bond donors (Lipinski definition) is 1. The molecule has 0 saturated carbocycles. The van der Waals surface area contributed by atoms with E-state index in [2.05, 4.69) is 9.88 Å². The minimum Gasteiger partial charge on any atom is -0.449 e. The van der Waals surface area contributed by atoms with E-state index in [1.54, 1.807) is 6.07 Å². The maximum absolute atomic E-state index is 12.7. The van der Waals surface area contributed by atoms with Crippen LogP contribution in [0.1, 0.15) is 37.0 Å². The highest BCUT2D eigenvalue weighted by molar-refractivity contribution is 5.95. The molecule has 3 heterocycles. The second-order valence-corrected chi connectivity index (χ2v) is 7.92. The Bertz CT molecular complexity index is 755. The van der Waals surface area contributed by atoms with Crippen LogP contribution >= 0.6 is 0 Å². The average molecular weight is 345 g/mol. The van der Waals surface area contributed by atoms with Gasteiger partial charge < -0.3 is 14.4 Å². The fourth-order valence-electron chi connectivity index (χ4n) is 2.94. The van der Waals surface area contributed by atoms with E-state index >= 15 is 0 Å². The van der Waals surface area contributed by atoms with E-state index < -0.39 is 0 Å². The van der Waals surface area contributed by atoms with Crippen molar-refractivity contribution in [3.63, 3.8) is 0 Å². The average Bonchev–Trinajstić information content (AvgIpc) is 2.97. The van der Waals surface area contributed by atoms with Crippen LogP contribution in [0.4, 0.5) is 0 Å². The summed E-state index contributed by atoms with van der Waals surface area (Å²) in [5.74, 6) is 0.253. The molecule has 1 saturated heterocycles. The van der Waals surface area contributed by atoms with Crippen LogP contribution in [0.25, 0.3) is 11.1 Å². The highest BCUT2D eigenvalue weighted by atomic mass is 16.3. The van der Waals surface area contributed by atoms with Crippen molar-refractivity contribution in [1.82, 2.24) is 14.8 Å². The van der Waals surface area contributed by atoms with Gasteiger partial charge in [-0.25, -0.2) is 4.98 Å². The maximum atomic E-state index is 12.7. The first-order chi connectivity index (χ1) is 11.7. The van der Waals surface area contributed by atoms with Crippen molar-refractivity contribution < 1.29 is 14.3 Å². The third-order valence-electron chi connectivity index (χ3n) is 4.81. The van der Waals surface area contributed by atoms with Crippen LogP contribution in [0.2, 0.25) is 0 Å². The molecule has 6 nitrogen and oxygen atoms in total. The Morgan fingerprint density at radius 1 is 1.28 bits per heavy atom. The maximum Gasteiger partial charge on any atom is 0.289 e. The SMILES string of the molecule is Cc1ccc2oc(C(=O)N3CCN(C[C@@H](O)C(C)(C)C)CC3)cc2n1. The molecule has 0 unspecified atom stereocenters. The lowest BCUT2D eigenvalue weighted by Crippen LogP contribution is -2.51. The summed E-state index contributed by atoms with van der Waals surface area (Å²) in [6.07, 6.45) is -0.376. The van der Waals surface area contributed by atoms with Gasteiger partial charge in [0.05, 0.1) is 6.10 Å². The number of furan rings is 1. The number of aliphatic hydroxyl groups is 1. The van der Waals surface area contributed by atoms with Gasteiger partial charge in [-0.2, -0.15) is 0 Å². The van der Waals surface area contributed by atoms with Crippen molar-refractivity contribution in [2.75, 3.05) is 32.7 Å². The number of carbonyl (C=O) groups excluding carboxylic acids is 1. The molecule has 1 fully saturated rings. The summed E-state index contributed by atoms with van der Waals surface area (Å²) in [6, 6.07) is 5.44. The largest absolute Gasteiger partial charge is 0.449 e. The molecule has 0 bridgehead atoms. The summed E-state index contributed by atoms with van der Waals surface area (Å²) < 4.78 is 5.67. The predicted molar refractivity (Wildman–Crippen MR) is 96.6 cm³/mol. The Hall–Kier alpha value is -1.92. The van der Waals surface area contributed by atoms with Crippen molar-refractivity contribution in [3.05, 3.63) is 29.7 Å². The number of fused-ring (bicyclic) bond motifs is 1. The van der Waals surface area contributed by atoms with Gasteiger partial charge in [0.2, 0.25) is 0 Å². The van der Waals surface area contributed by atoms with Gasteiger partial charge in [0.25, 0.3) is 5.91 Å². The van der Waals surface area contributed by atoms with Crippen LogP contribution in [0, 0.1) is 12.3 Å². The van der Waals surface area contributed by atoms with E-state index in [9.17, 15) is 9.90 Å². The number of rotatable bonds is 3. The van der Waals surface area contributed by atoms with E-state index in [0.29, 0.717) is 31.0 Å². The van der Waals surface area contributed by atoms with Gasteiger partial charge in [-0.1, -0.05) is 20.8 Å². The monoisotopic (exact) mass is 345 g/mol. The molecule has 0 spiro atoms. The summed E-state index contributed by atoms with van der Waals surface area (Å²) in [5, 5.41) is 10.2. The van der Waals surface area contributed by atoms with Crippen LogP contribution in [0.15, 0.2) is 22.6 Å². The van der Waals surface area contributed by atoms with Crippen molar-refractivity contribution in [2.45, 2.75) is 33.8 Å². The first-order valence-corrected chi connectivity index (χ1v) is 8.81. The summed E-state index contributed by atoms with van der Waals surface area (Å²) in [5.41, 5.74) is 2.13. The number of amides is 1. The van der Waals surface area contributed by atoms with Crippen LogP contribution in [-0.4, -0.2) is 64.6 Å². The molecule has 2 aromatic heterocycles. The third kappa shape index (κ3) is 4.02. The lowest BCUT2D eigenvalue weighted by molar-refractivity contribution is 0.0132. The molecule has 1 aliphatic rings. The molecule has 2 aromatic rings. The van der Waals surface area contributed by atoms with Crippen molar-refractivity contribution in [3.8, 4) is 0 Å². The molecule has 25 heavy (non-hydrogen) atoms. The molecule has 0 aliphatic carbocycles. The Balaban J connectivity index is 1.61. The number of β-amino-alcohol motifs (C(OH)–C–C–N with tert-alkyl or cyclic N) is 1. The predicted octanol–water partition coefficient (Wildman–Crippen LogP) is 2.30. The minimum atomic E-state index is -0.376. The zero-order chi connectivity index (χ0) is 18.2. The Morgan fingerprint density at radius 3 is 2.60 bits per heavy atom. The van der Waals surface area contributed by atoms with Gasteiger partial charge in [0.1, 0.15) is 5.52 Å². The summed E-state index contributed by atoms with van der Waals surface area (Å²) in [4.78, 5) is 21.1. The van der Waals surface area contributed by atoms with E-state index in [0.717, 1.165) is 24.3 Å². The highest BCUT2D eigenvalue weighted by Gasteiger charge is 2.28. The lowest BCUT2D eigenvalue weighted by atomic mass is 9.89. The molecule has 1 aliphatic heterocycles. The van der Waals surface area contributed by atoms with Crippen molar-refractivity contribution in [1.29, 1.82) is 0 Å². The minimum absolute atomic E-state index is 0.0910. The van der Waals surface area contributed by atoms with E-state index in [1.807, 2.05) is 44.7 Å². The molecule has 1 N–H and O–H groups in total. The number of hydrogen-bond acceptors (Lipinski definition) is 5. The number of aromatic nitrogens is 1. The standard InChI is InChI=1S/C19H27N3O3/c1-13-5-6-15-14(20-13)11-16(25-15)18(24)22-9-7-21(8-10-22)12-17(23)19(2,3)4/h5-6,11,17,23H,7-10,12H2,1-4H3/t17-/m1/s1. The van der Waals surface area contributed by atoms with Gasteiger partial charge in [0, 0.05) is 44.5 Å². The second kappa shape index (κ2) is 6.77. The molecular formula is C19H27N3O3. The summed E-state index contributed by atoms with van der Waals surface area (Å²) in [6.45, 7) is 11.5. The molecule has 1 amide bonds. The first kappa shape index (κ1) is 17.9. The smallest absolute Gasteiger partial charge is 0.289 e. The number of nitrogens with zero attached hydrogens (tertiary/aromatic N) is 3. The van der Waals surface area contributed by atoms with Crippen LogP contribution in [0.5, 0.6) is 0 Å². The Kier molecular flexibility index (Phi) is 4.84. The fraction of sp³-hybridized carbons (Fsp3) is 0.579.